The van der Waals surface area contributed by atoms with Crippen molar-refractivity contribution in [1.82, 2.24) is 10.2 Å². The molecule has 0 unspecified atom stereocenters. The summed E-state index contributed by atoms with van der Waals surface area (Å²) in [6.07, 6.45) is 1.75. The maximum atomic E-state index is 13.1. The molecule has 1 N–H and O–H groups in total. The topological polar surface area (TPSA) is 58.6 Å². The van der Waals surface area contributed by atoms with Gasteiger partial charge < -0.3 is 15.0 Å². The number of hydrogen-bond donors (Lipinski definition) is 1. The van der Waals surface area contributed by atoms with Crippen LogP contribution in [0.4, 0.5) is 0 Å². The van der Waals surface area contributed by atoms with E-state index in [0.717, 1.165) is 28.4 Å². The number of halogens is 1. The van der Waals surface area contributed by atoms with E-state index in [-0.39, 0.29) is 24.5 Å². The minimum Gasteiger partial charge on any atom is -0.483 e. The molecule has 2 amide bonds. The quantitative estimate of drug-likeness (QED) is 0.509. The summed E-state index contributed by atoms with van der Waals surface area (Å²) in [4.78, 5) is 27.5. The third kappa shape index (κ3) is 7.39. The van der Waals surface area contributed by atoms with Crippen LogP contribution in [0.3, 0.4) is 0 Å². The molecule has 0 radical (unpaired) electrons. The SMILES string of the molecule is CCc1ccc(OCC(=O)N(Cc2ccc(C)cc2)[C@H](C)C(=O)N[C@@H](C)CC)c(Br)c1. The number of carbonyl (C=O) groups is 2. The van der Waals surface area contributed by atoms with Gasteiger partial charge in [-0.2, -0.15) is 0 Å². The van der Waals surface area contributed by atoms with Crippen LogP contribution in [0.5, 0.6) is 5.75 Å². The number of nitrogens with zero attached hydrogens (tertiary/aromatic N) is 1. The predicted molar refractivity (Wildman–Crippen MR) is 128 cm³/mol. The number of benzene rings is 2. The second-order valence-corrected chi connectivity index (χ2v) is 8.76. The number of hydrogen-bond acceptors (Lipinski definition) is 3. The van der Waals surface area contributed by atoms with Crippen LogP contribution in [0.15, 0.2) is 46.9 Å². The van der Waals surface area contributed by atoms with E-state index in [0.29, 0.717) is 12.3 Å². The zero-order chi connectivity index (χ0) is 23.0. The summed E-state index contributed by atoms with van der Waals surface area (Å²) in [6.45, 7) is 10.0. The highest BCUT2D eigenvalue weighted by Gasteiger charge is 2.27. The maximum Gasteiger partial charge on any atom is 0.261 e. The molecule has 0 spiro atoms. The second kappa shape index (κ2) is 11.9. The van der Waals surface area contributed by atoms with Crippen LogP contribution in [0.25, 0.3) is 0 Å². The van der Waals surface area contributed by atoms with Crippen molar-refractivity contribution in [2.24, 2.45) is 0 Å². The van der Waals surface area contributed by atoms with Crippen LogP contribution in [0.2, 0.25) is 0 Å². The first-order valence-electron chi connectivity index (χ1n) is 10.8. The Morgan fingerprint density at radius 3 is 2.29 bits per heavy atom. The largest absolute Gasteiger partial charge is 0.483 e. The fourth-order valence-corrected chi connectivity index (χ4v) is 3.58. The molecule has 0 saturated carbocycles. The number of amides is 2. The number of aryl methyl sites for hydroxylation is 2. The van der Waals surface area contributed by atoms with Crippen molar-refractivity contribution in [3.05, 3.63) is 63.6 Å². The highest BCUT2D eigenvalue weighted by molar-refractivity contribution is 9.10. The van der Waals surface area contributed by atoms with Gasteiger partial charge in [0.1, 0.15) is 11.8 Å². The van der Waals surface area contributed by atoms with Crippen molar-refractivity contribution in [2.75, 3.05) is 6.61 Å². The minimum absolute atomic E-state index is 0.0514. The number of carbonyl (C=O) groups excluding carboxylic acids is 2. The Bertz CT molecular complexity index is 883. The Morgan fingerprint density at radius 1 is 1.06 bits per heavy atom. The molecule has 0 aliphatic carbocycles. The molecule has 0 saturated heterocycles. The van der Waals surface area contributed by atoms with E-state index >= 15 is 0 Å². The van der Waals surface area contributed by atoms with Gasteiger partial charge in [0.2, 0.25) is 5.91 Å². The predicted octanol–water partition coefficient (Wildman–Crippen LogP) is 5.03. The summed E-state index contributed by atoms with van der Waals surface area (Å²) in [7, 11) is 0. The van der Waals surface area contributed by atoms with Crippen LogP contribution < -0.4 is 10.1 Å². The van der Waals surface area contributed by atoms with Gasteiger partial charge in [0, 0.05) is 12.6 Å². The molecule has 2 rings (SSSR count). The van der Waals surface area contributed by atoms with E-state index in [9.17, 15) is 9.59 Å². The van der Waals surface area contributed by atoms with Gasteiger partial charge >= 0.3 is 0 Å². The van der Waals surface area contributed by atoms with E-state index < -0.39 is 6.04 Å². The summed E-state index contributed by atoms with van der Waals surface area (Å²) in [5.41, 5.74) is 3.30. The van der Waals surface area contributed by atoms with Crippen LogP contribution in [0.1, 0.15) is 50.8 Å². The fraction of sp³-hybridized carbons (Fsp3) is 0.440. The lowest BCUT2D eigenvalue weighted by atomic mass is 10.1. The van der Waals surface area contributed by atoms with E-state index in [1.165, 1.54) is 5.56 Å². The minimum atomic E-state index is -0.614. The normalized spacial score (nSPS) is 12.7. The Kier molecular flexibility index (Phi) is 9.56. The first-order valence-corrected chi connectivity index (χ1v) is 11.6. The van der Waals surface area contributed by atoms with Gasteiger partial charge in [-0.3, -0.25) is 9.59 Å². The van der Waals surface area contributed by atoms with E-state index in [2.05, 4.69) is 28.2 Å². The van der Waals surface area contributed by atoms with Crippen LogP contribution in [-0.2, 0) is 22.6 Å². The zero-order valence-corrected chi connectivity index (χ0v) is 20.7. The lowest BCUT2D eigenvalue weighted by Crippen LogP contribution is -2.50. The average molecular weight is 489 g/mol. The van der Waals surface area contributed by atoms with Crippen molar-refractivity contribution in [1.29, 1.82) is 0 Å². The third-order valence-electron chi connectivity index (χ3n) is 5.40. The van der Waals surface area contributed by atoms with Crippen molar-refractivity contribution in [3.63, 3.8) is 0 Å². The first-order chi connectivity index (χ1) is 14.7. The highest BCUT2D eigenvalue weighted by atomic mass is 79.9. The molecule has 168 valence electrons. The standard InChI is InChI=1S/C25H33BrN2O3/c1-6-18(4)27-25(30)19(5)28(15-21-10-8-17(3)9-11-21)24(29)16-31-23-13-12-20(7-2)14-22(23)26/h8-14,18-19H,6-7,15-16H2,1-5H3,(H,27,30)/t18-,19+/m0/s1. The summed E-state index contributed by atoms with van der Waals surface area (Å²) in [5.74, 6) is 0.208. The molecule has 31 heavy (non-hydrogen) atoms. The second-order valence-electron chi connectivity index (χ2n) is 7.91. The summed E-state index contributed by atoms with van der Waals surface area (Å²) < 4.78 is 6.61. The third-order valence-corrected chi connectivity index (χ3v) is 6.02. The van der Waals surface area contributed by atoms with Crippen molar-refractivity contribution in [2.45, 2.75) is 66.1 Å². The first kappa shape index (κ1) is 24.9. The summed E-state index contributed by atoms with van der Waals surface area (Å²) in [5, 5.41) is 2.97. The monoisotopic (exact) mass is 488 g/mol. The molecule has 0 heterocycles. The number of ether oxygens (including phenoxy) is 1. The molecule has 0 fully saturated rings. The molecule has 0 aliphatic rings. The van der Waals surface area contributed by atoms with Gasteiger partial charge in [0.25, 0.3) is 5.91 Å². The van der Waals surface area contributed by atoms with Gasteiger partial charge in [-0.15, -0.1) is 0 Å². The molecular weight excluding hydrogens is 456 g/mol. The lowest BCUT2D eigenvalue weighted by molar-refractivity contribution is -0.142. The molecule has 0 aliphatic heterocycles. The molecule has 6 heteroatoms. The number of nitrogens with one attached hydrogen (secondary N) is 1. The Balaban J connectivity index is 2.16. The molecule has 2 aromatic carbocycles. The molecule has 2 atom stereocenters. The fourth-order valence-electron chi connectivity index (χ4n) is 3.04. The molecular formula is C25H33BrN2O3. The summed E-state index contributed by atoms with van der Waals surface area (Å²) in [6, 6.07) is 13.2. The van der Waals surface area contributed by atoms with Crippen LogP contribution in [-0.4, -0.2) is 35.4 Å². The van der Waals surface area contributed by atoms with E-state index in [1.54, 1.807) is 11.8 Å². The van der Waals surface area contributed by atoms with E-state index in [4.69, 9.17) is 4.74 Å². The van der Waals surface area contributed by atoms with Gasteiger partial charge in [-0.25, -0.2) is 0 Å². The maximum absolute atomic E-state index is 13.1. The Hall–Kier alpha value is -2.34. The van der Waals surface area contributed by atoms with Crippen LogP contribution in [0, 0.1) is 6.92 Å². The highest BCUT2D eigenvalue weighted by Crippen LogP contribution is 2.26. The van der Waals surface area contributed by atoms with Crippen molar-refractivity contribution >= 4 is 27.7 Å². The Labute approximate surface area is 194 Å². The van der Waals surface area contributed by atoms with Crippen molar-refractivity contribution in [3.8, 4) is 5.75 Å². The Morgan fingerprint density at radius 2 is 1.71 bits per heavy atom. The average Bonchev–Trinajstić information content (AvgIpc) is 2.76. The van der Waals surface area contributed by atoms with E-state index in [1.807, 2.05) is 63.2 Å². The molecule has 5 nitrogen and oxygen atoms in total. The van der Waals surface area contributed by atoms with Gasteiger partial charge in [-0.05, 0) is 72.8 Å². The zero-order valence-electron chi connectivity index (χ0n) is 19.1. The van der Waals surface area contributed by atoms with Crippen LogP contribution >= 0.6 is 15.9 Å². The molecule has 0 aromatic heterocycles. The van der Waals surface area contributed by atoms with Gasteiger partial charge in [0.05, 0.1) is 4.47 Å². The smallest absolute Gasteiger partial charge is 0.261 e. The molecule has 0 bridgehead atoms. The van der Waals surface area contributed by atoms with Gasteiger partial charge in [0.15, 0.2) is 6.61 Å². The summed E-state index contributed by atoms with van der Waals surface area (Å²) >= 11 is 3.51. The number of rotatable bonds is 10. The molecule has 2 aromatic rings. The van der Waals surface area contributed by atoms with Crippen molar-refractivity contribution < 1.29 is 14.3 Å². The van der Waals surface area contributed by atoms with Gasteiger partial charge in [-0.1, -0.05) is 49.7 Å². The lowest BCUT2D eigenvalue weighted by Gasteiger charge is -2.29.